The Morgan fingerprint density at radius 1 is 0.923 bits per heavy atom. The summed E-state index contributed by atoms with van der Waals surface area (Å²) in [6.45, 7) is 15.4. The van der Waals surface area contributed by atoms with Crippen LogP contribution in [-0.4, -0.2) is 9.55 Å². The van der Waals surface area contributed by atoms with Gasteiger partial charge in [0.1, 0.15) is 5.82 Å². The zero-order valence-electron chi connectivity index (χ0n) is 17.0. The lowest BCUT2D eigenvalue weighted by molar-refractivity contribution is 0.327. The molecule has 0 amide bonds. The first-order chi connectivity index (χ1) is 12.0. The fourth-order valence-electron chi connectivity index (χ4n) is 3.47. The van der Waals surface area contributed by atoms with Crippen molar-refractivity contribution in [1.82, 2.24) is 9.55 Å². The second kappa shape index (κ2) is 6.15. The second-order valence-electron chi connectivity index (χ2n) is 9.25. The zero-order chi connectivity index (χ0) is 19.3. The Kier molecular flexibility index (Phi) is 4.38. The number of aromatic nitrogens is 2. The van der Waals surface area contributed by atoms with Crippen LogP contribution in [0.4, 0.5) is 0 Å². The maximum atomic E-state index is 13.1. The number of fused-ring (bicyclic) bond motifs is 1. The number of rotatable bonds is 2. The van der Waals surface area contributed by atoms with Crippen LogP contribution in [0.15, 0.2) is 36.4 Å². The summed E-state index contributed by atoms with van der Waals surface area (Å²) in [5.74, 6) is 1.17. The van der Waals surface area contributed by atoms with Gasteiger partial charge in [-0.2, -0.15) is 0 Å². The van der Waals surface area contributed by atoms with Crippen LogP contribution in [0.3, 0.4) is 0 Å². The van der Waals surface area contributed by atoms with Crippen LogP contribution in [0, 0.1) is 6.92 Å². The minimum atomic E-state index is -0.181. The van der Waals surface area contributed by atoms with E-state index in [9.17, 15) is 5.11 Å². The lowest BCUT2D eigenvalue weighted by atomic mass is 9.78. The van der Waals surface area contributed by atoms with E-state index in [1.165, 1.54) is 0 Å². The molecule has 1 heterocycles. The molecule has 0 fully saturated rings. The highest BCUT2D eigenvalue weighted by Gasteiger charge is 2.28. The van der Waals surface area contributed by atoms with Crippen molar-refractivity contribution in [3.8, 4) is 5.75 Å². The molecule has 0 spiro atoms. The van der Waals surface area contributed by atoms with Gasteiger partial charge in [-0.05, 0) is 47.6 Å². The SMILES string of the molecule is Cc1nc2ccccc2n1Cc1cc(C(C)(C)C)c([O])c(C(C)(C)C)c1. The molecule has 0 saturated carbocycles. The molecule has 137 valence electrons. The van der Waals surface area contributed by atoms with Crippen molar-refractivity contribution >= 4 is 11.0 Å². The standard InChI is InChI=1S/C23H29N2O/c1-15-24-19-10-8-9-11-20(19)25(15)14-16-12-17(22(2,3)4)21(26)18(13-16)23(5,6)7/h8-13H,14H2,1-7H3. The van der Waals surface area contributed by atoms with Gasteiger partial charge in [0, 0.05) is 17.7 Å². The summed E-state index contributed by atoms with van der Waals surface area (Å²) in [7, 11) is 0. The smallest absolute Gasteiger partial charge is 0.186 e. The van der Waals surface area contributed by atoms with Gasteiger partial charge in [-0.25, -0.2) is 4.98 Å². The zero-order valence-corrected chi connectivity index (χ0v) is 17.0. The van der Waals surface area contributed by atoms with Gasteiger partial charge < -0.3 is 4.57 Å². The Morgan fingerprint density at radius 2 is 1.46 bits per heavy atom. The number of hydrogen-bond acceptors (Lipinski definition) is 1. The molecule has 3 heteroatoms. The maximum Gasteiger partial charge on any atom is 0.186 e. The molecule has 0 unspecified atom stereocenters. The topological polar surface area (TPSA) is 37.7 Å². The fourth-order valence-corrected chi connectivity index (χ4v) is 3.47. The summed E-state index contributed by atoms with van der Waals surface area (Å²) >= 11 is 0. The third kappa shape index (κ3) is 3.35. The molecular formula is C23H29N2O. The van der Waals surface area contributed by atoms with Crippen LogP contribution >= 0.6 is 0 Å². The monoisotopic (exact) mass is 349 g/mol. The van der Waals surface area contributed by atoms with E-state index in [2.05, 4.69) is 69.3 Å². The van der Waals surface area contributed by atoms with E-state index >= 15 is 0 Å². The maximum absolute atomic E-state index is 13.1. The molecule has 2 aromatic carbocycles. The quantitative estimate of drug-likeness (QED) is 0.548. The summed E-state index contributed by atoms with van der Waals surface area (Å²) in [6.07, 6.45) is 0. The Bertz CT molecular complexity index is 917. The highest BCUT2D eigenvalue weighted by atomic mass is 16.3. The number of para-hydroxylation sites is 2. The Hall–Kier alpha value is -2.29. The molecule has 0 aliphatic rings. The third-order valence-electron chi connectivity index (χ3n) is 4.95. The van der Waals surface area contributed by atoms with Gasteiger partial charge in [-0.1, -0.05) is 53.7 Å². The Morgan fingerprint density at radius 3 is 2.00 bits per heavy atom. The largest absolute Gasteiger partial charge is 0.324 e. The second-order valence-corrected chi connectivity index (χ2v) is 9.25. The van der Waals surface area contributed by atoms with Crippen molar-refractivity contribution in [2.75, 3.05) is 0 Å². The van der Waals surface area contributed by atoms with E-state index in [-0.39, 0.29) is 16.6 Å². The van der Waals surface area contributed by atoms with Crippen molar-refractivity contribution in [3.63, 3.8) is 0 Å². The highest BCUT2D eigenvalue weighted by Crippen LogP contribution is 2.40. The lowest BCUT2D eigenvalue weighted by Crippen LogP contribution is -2.18. The molecule has 3 rings (SSSR count). The van der Waals surface area contributed by atoms with Crippen LogP contribution in [0.25, 0.3) is 11.0 Å². The summed E-state index contributed by atoms with van der Waals surface area (Å²) < 4.78 is 2.23. The minimum Gasteiger partial charge on any atom is -0.324 e. The van der Waals surface area contributed by atoms with Crippen molar-refractivity contribution in [1.29, 1.82) is 0 Å². The number of hydrogen-bond donors (Lipinski definition) is 0. The van der Waals surface area contributed by atoms with Gasteiger partial charge in [0.25, 0.3) is 0 Å². The van der Waals surface area contributed by atoms with Crippen molar-refractivity contribution in [2.24, 2.45) is 0 Å². The van der Waals surface area contributed by atoms with Gasteiger partial charge in [0.15, 0.2) is 5.75 Å². The molecule has 3 aromatic rings. The van der Waals surface area contributed by atoms with Crippen LogP contribution in [-0.2, 0) is 22.5 Å². The number of benzene rings is 2. The molecule has 0 aliphatic carbocycles. The van der Waals surface area contributed by atoms with Gasteiger partial charge in [-0.3, -0.25) is 5.11 Å². The molecule has 0 saturated heterocycles. The van der Waals surface area contributed by atoms with Gasteiger partial charge >= 0.3 is 0 Å². The van der Waals surface area contributed by atoms with Crippen molar-refractivity contribution in [2.45, 2.75) is 65.8 Å². The van der Waals surface area contributed by atoms with Crippen LogP contribution in [0.5, 0.6) is 5.75 Å². The van der Waals surface area contributed by atoms with Crippen molar-refractivity contribution < 1.29 is 5.11 Å². The summed E-state index contributed by atoms with van der Waals surface area (Å²) in [6, 6.07) is 12.4. The molecule has 0 aliphatic heterocycles. The Labute approximate surface area is 156 Å². The van der Waals surface area contributed by atoms with E-state index < -0.39 is 0 Å². The van der Waals surface area contributed by atoms with E-state index in [4.69, 9.17) is 0 Å². The first-order valence-electron chi connectivity index (χ1n) is 9.25. The van der Waals surface area contributed by atoms with Crippen LogP contribution in [0.1, 0.15) is 64.1 Å². The number of imidazole rings is 1. The molecular weight excluding hydrogens is 320 g/mol. The van der Waals surface area contributed by atoms with Gasteiger partial charge in [0.2, 0.25) is 0 Å². The van der Waals surface area contributed by atoms with Gasteiger partial charge in [0.05, 0.1) is 11.0 Å². The average Bonchev–Trinajstić information content (AvgIpc) is 2.82. The van der Waals surface area contributed by atoms with Crippen LogP contribution < -0.4 is 0 Å². The predicted molar refractivity (Wildman–Crippen MR) is 108 cm³/mol. The molecule has 0 bridgehead atoms. The van der Waals surface area contributed by atoms with Crippen LogP contribution in [0.2, 0.25) is 0 Å². The fraction of sp³-hybridized carbons (Fsp3) is 0.435. The summed E-state index contributed by atoms with van der Waals surface area (Å²) in [4.78, 5) is 4.67. The lowest BCUT2D eigenvalue weighted by Gasteiger charge is -2.27. The summed E-state index contributed by atoms with van der Waals surface area (Å²) in [5, 5.41) is 13.1. The molecule has 0 atom stereocenters. The first-order valence-corrected chi connectivity index (χ1v) is 9.25. The number of aryl methyl sites for hydroxylation is 1. The molecule has 26 heavy (non-hydrogen) atoms. The van der Waals surface area contributed by atoms with Gasteiger partial charge in [-0.15, -0.1) is 0 Å². The van der Waals surface area contributed by atoms with E-state index in [0.29, 0.717) is 0 Å². The predicted octanol–water partition coefficient (Wildman–Crippen LogP) is 6.13. The molecule has 0 N–H and O–H groups in total. The molecule has 3 nitrogen and oxygen atoms in total. The normalized spacial score (nSPS) is 12.7. The minimum absolute atomic E-state index is 0.181. The molecule has 1 radical (unpaired) electrons. The number of nitrogens with zero attached hydrogens (tertiary/aromatic N) is 2. The first kappa shape index (κ1) is 18.5. The van der Waals surface area contributed by atoms with E-state index in [1.807, 2.05) is 25.1 Å². The third-order valence-corrected chi connectivity index (χ3v) is 4.95. The molecule has 1 aromatic heterocycles. The van der Waals surface area contributed by atoms with E-state index in [0.717, 1.165) is 40.1 Å². The highest BCUT2D eigenvalue weighted by molar-refractivity contribution is 5.76. The Balaban J connectivity index is 2.17. The average molecular weight is 349 g/mol. The van der Waals surface area contributed by atoms with E-state index in [1.54, 1.807) is 0 Å². The summed E-state index contributed by atoms with van der Waals surface area (Å²) in [5.41, 5.74) is 4.72. The van der Waals surface area contributed by atoms with Crippen molar-refractivity contribution in [3.05, 3.63) is 58.9 Å².